The zero-order valence-corrected chi connectivity index (χ0v) is 16.5. The molecule has 1 aliphatic heterocycles. The summed E-state index contributed by atoms with van der Waals surface area (Å²) in [5, 5.41) is 9.11. The topological polar surface area (TPSA) is 99.7 Å². The van der Waals surface area contributed by atoms with Gasteiger partial charge in [-0.25, -0.2) is 8.42 Å². The smallest absolute Gasteiger partial charge is 0.251 e. The lowest BCUT2D eigenvalue weighted by Crippen LogP contribution is -2.44. The van der Waals surface area contributed by atoms with Gasteiger partial charge in [0.05, 0.1) is 11.5 Å². The zero-order valence-electron chi connectivity index (χ0n) is 14.1. The minimum absolute atomic E-state index is 0.0895. The SMILES string of the molecule is CN=C(NCCCNC(=O)c1ccc(Br)cc1)NC1CCS(=O)(=O)C1. The molecule has 2 rings (SSSR count). The molecule has 0 spiro atoms. The fourth-order valence-corrected chi connectivity index (χ4v) is 4.43. The van der Waals surface area contributed by atoms with E-state index >= 15 is 0 Å². The third-order valence-corrected chi connectivity index (χ3v) is 6.13. The molecule has 1 amide bonds. The van der Waals surface area contributed by atoms with Gasteiger partial charge in [-0.3, -0.25) is 9.79 Å². The van der Waals surface area contributed by atoms with Crippen LogP contribution in [0, 0.1) is 0 Å². The van der Waals surface area contributed by atoms with E-state index < -0.39 is 9.84 Å². The minimum Gasteiger partial charge on any atom is -0.356 e. The maximum atomic E-state index is 12.0. The number of nitrogens with zero attached hydrogens (tertiary/aromatic N) is 1. The van der Waals surface area contributed by atoms with Gasteiger partial charge in [0.1, 0.15) is 0 Å². The quantitative estimate of drug-likeness (QED) is 0.354. The van der Waals surface area contributed by atoms with E-state index in [0.717, 1.165) is 10.9 Å². The van der Waals surface area contributed by atoms with Crippen molar-refractivity contribution in [3.05, 3.63) is 34.3 Å². The number of carbonyl (C=O) groups is 1. The van der Waals surface area contributed by atoms with Crippen LogP contribution in [0.2, 0.25) is 0 Å². The molecule has 1 unspecified atom stereocenters. The predicted molar refractivity (Wildman–Crippen MR) is 103 cm³/mol. The van der Waals surface area contributed by atoms with Crippen LogP contribution in [0.5, 0.6) is 0 Å². The first kappa shape index (κ1) is 19.7. The summed E-state index contributed by atoms with van der Waals surface area (Å²) in [6.45, 7) is 1.16. The van der Waals surface area contributed by atoms with Gasteiger partial charge >= 0.3 is 0 Å². The molecule has 9 heteroatoms. The molecule has 1 aliphatic rings. The van der Waals surface area contributed by atoms with Crippen LogP contribution in [0.3, 0.4) is 0 Å². The third-order valence-electron chi connectivity index (χ3n) is 3.83. The van der Waals surface area contributed by atoms with E-state index in [1.807, 2.05) is 12.1 Å². The molecule has 7 nitrogen and oxygen atoms in total. The standard InChI is InChI=1S/C16H23BrN4O3S/c1-18-16(21-14-7-10-25(23,24)11-14)20-9-2-8-19-15(22)12-3-5-13(17)6-4-12/h3-6,14H,2,7-11H2,1H3,(H,19,22)(H2,18,20,21). The first-order valence-electron chi connectivity index (χ1n) is 8.11. The van der Waals surface area contributed by atoms with Crippen molar-refractivity contribution in [2.45, 2.75) is 18.9 Å². The van der Waals surface area contributed by atoms with E-state index in [1.54, 1.807) is 19.2 Å². The van der Waals surface area contributed by atoms with E-state index in [0.29, 0.717) is 31.0 Å². The summed E-state index contributed by atoms with van der Waals surface area (Å²) >= 11 is 3.33. The number of sulfone groups is 1. The summed E-state index contributed by atoms with van der Waals surface area (Å²) in [6, 6.07) is 7.09. The van der Waals surface area contributed by atoms with Crippen molar-refractivity contribution >= 4 is 37.6 Å². The minimum atomic E-state index is -2.91. The molecule has 3 N–H and O–H groups in total. The molecule has 138 valence electrons. The molecule has 1 atom stereocenters. The third kappa shape index (κ3) is 6.66. The van der Waals surface area contributed by atoms with Crippen LogP contribution in [0.1, 0.15) is 23.2 Å². The van der Waals surface area contributed by atoms with E-state index in [1.165, 1.54) is 0 Å². The highest BCUT2D eigenvalue weighted by Gasteiger charge is 2.28. The highest BCUT2D eigenvalue weighted by atomic mass is 79.9. The molecule has 1 fully saturated rings. The molecule has 0 radical (unpaired) electrons. The van der Waals surface area contributed by atoms with Gasteiger partial charge in [-0.1, -0.05) is 15.9 Å². The first-order valence-corrected chi connectivity index (χ1v) is 10.7. The predicted octanol–water partition coefficient (Wildman–Crippen LogP) is 0.921. The summed E-state index contributed by atoms with van der Waals surface area (Å²) in [6.07, 6.45) is 1.33. The van der Waals surface area contributed by atoms with Crippen molar-refractivity contribution < 1.29 is 13.2 Å². The van der Waals surface area contributed by atoms with Gasteiger partial charge in [-0.15, -0.1) is 0 Å². The largest absolute Gasteiger partial charge is 0.356 e. The fourth-order valence-electron chi connectivity index (χ4n) is 2.50. The Hall–Kier alpha value is -1.61. The lowest BCUT2D eigenvalue weighted by Gasteiger charge is -2.16. The maximum Gasteiger partial charge on any atom is 0.251 e. The van der Waals surface area contributed by atoms with E-state index in [9.17, 15) is 13.2 Å². The number of nitrogens with one attached hydrogen (secondary N) is 3. The van der Waals surface area contributed by atoms with Crippen molar-refractivity contribution in [1.82, 2.24) is 16.0 Å². The van der Waals surface area contributed by atoms with Gasteiger partial charge in [0, 0.05) is 36.2 Å². The molecular formula is C16H23BrN4O3S. The van der Waals surface area contributed by atoms with Gasteiger partial charge in [0.2, 0.25) is 0 Å². The summed E-state index contributed by atoms with van der Waals surface area (Å²) in [4.78, 5) is 16.1. The molecule has 0 aliphatic carbocycles. The summed E-state index contributed by atoms with van der Waals surface area (Å²) in [5.74, 6) is 0.855. The van der Waals surface area contributed by atoms with Gasteiger partial charge in [0.25, 0.3) is 5.91 Å². The molecule has 0 aromatic heterocycles. The lowest BCUT2D eigenvalue weighted by atomic mass is 10.2. The Morgan fingerprint density at radius 2 is 1.92 bits per heavy atom. The molecule has 1 aromatic carbocycles. The van der Waals surface area contributed by atoms with Gasteiger partial charge < -0.3 is 16.0 Å². The summed E-state index contributed by atoms with van der Waals surface area (Å²) in [5.41, 5.74) is 0.621. The number of carbonyl (C=O) groups excluding carboxylic acids is 1. The Morgan fingerprint density at radius 3 is 2.52 bits per heavy atom. The van der Waals surface area contributed by atoms with Crippen molar-refractivity contribution in [2.24, 2.45) is 4.99 Å². The first-order chi connectivity index (χ1) is 11.9. The second kappa shape index (κ2) is 9.19. The Morgan fingerprint density at radius 1 is 1.24 bits per heavy atom. The molecular weight excluding hydrogens is 408 g/mol. The Kier molecular flexibility index (Phi) is 7.24. The van der Waals surface area contributed by atoms with Crippen LogP contribution < -0.4 is 16.0 Å². The molecule has 1 saturated heterocycles. The van der Waals surface area contributed by atoms with Gasteiger partial charge in [-0.05, 0) is 37.1 Å². The highest BCUT2D eigenvalue weighted by Crippen LogP contribution is 2.11. The number of rotatable bonds is 6. The van der Waals surface area contributed by atoms with Crippen molar-refractivity contribution in [2.75, 3.05) is 31.6 Å². The summed E-state index contributed by atoms with van der Waals surface area (Å²) < 4.78 is 23.9. The average Bonchev–Trinajstić information content (AvgIpc) is 2.92. The highest BCUT2D eigenvalue weighted by molar-refractivity contribution is 9.10. The van der Waals surface area contributed by atoms with Gasteiger partial charge in [0.15, 0.2) is 15.8 Å². The zero-order chi connectivity index (χ0) is 18.3. The number of benzene rings is 1. The van der Waals surface area contributed by atoms with E-state index in [4.69, 9.17) is 0 Å². The van der Waals surface area contributed by atoms with Crippen LogP contribution in [0.25, 0.3) is 0 Å². The van der Waals surface area contributed by atoms with Crippen molar-refractivity contribution in [1.29, 1.82) is 0 Å². The number of halogens is 1. The number of hydrogen-bond donors (Lipinski definition) is 3. The van der Waals surface area contributed by atoms with Crippen LogP contribution in [0.15, 0.2) is 33.7 Å². The monoisotopic (exact) mass is 430 g/mol. The van der Waals surface area contributed by atoms with Crippen molar-refractivity contribution in [3.8, 4) is 0 Å². The number of guanidine groups is 1. The molecule has 1 aromatic rings. The fraction of sp³-hybridized carbons (Fsp3) is 0.500. The Labute approximate surface area is 156 Å². The maximum absolute atomic E-state index is 12.0. The molecule has 25 heavy (non-hydrogen) atoms. The Balaban J connectivity index is 1.64. The van der Waals surface area contributed by atoms with Crippen LogP contribution in [-0.4, -0.2) is 58.0 Å². The Bertz CT molecular complexity index is 719. The molecule has 1 heterocycles. The molecule has 0 saturated carbocycles. The normalized spacial score (nSPS) is 19.4. The van der Waals surface area contributed by atoms with Crippen LogP contribution in [0.4, 0.5) is 0 Å². The van der Waals surface area contributed by atoms with Crippen LogP contribution in [-0.2, 0) is 9.84 Å². The van der Waals surface area contributed by atoms with Crippen molar-refractivity contribution in [3.63, 3.8) is 0 Å². The number of aliphatic imine (C=N–C) groups is 1. The number of hydrogen-bond acceptors (Lipinski definition) is 4. The second-order valence-corrected chi connectivity index (χ2v) is 9.00. The second-order valence-electron chi connectivity index (χ2n) is 5.86. The number of amides is 1. The van der Waals surface area contributed by atoms with Crippen LogP contribution >= 0.6 is 15.9 Å². The van der Waals surface area contributed by atoms with E-state index in [-0.39, 0.29) is 23.5 Å². The molecule has 0 bridgehead atoms. The average molecular weight is 431 g/mol. The summed E-state index contributed by atoms with van der Waals surface area (Å²) in [7, 11) is -1.27. The lowest BCUT2D eigenvalue weighted by molar-refractivity contribution is 0.0953. The van der Waals surface area contributed by atoms with E-state index in [2.05, 4.69) is 36.9 Å². The van der Waals surface area contributed by atoms with Gasteiger partial charge in [-0.2, -0.15) is 0 Å².